The Kier molecular flexibility index (Phi) is 6.23. The molecule has 6 nitrogen and oxygen atoms in total. The van der Waals surface area contributed by atoms with E-state index in [4.69, 9.17) is 4.74 Å². The van der Waals surface area contributed by atoms with Crippen molar-refractivity contribution in [3.8, 4) is 11.3 Å². The highest BCUT2D eigenvalue weighted by Crippen LogP contribution is 2.23. The van der Waals surface area contributed by atoms with Gasteiger partial charge in [0, 0.05) is 30.2 Å². The van der Waals surface area contributed by atoms with Crippen LogP contribution in [0.3, 0.4) is 0 Å². The van der Waals surface area contributed by atoms with Crippen LogP contribution in [0.4, 0.5) is 0 Å². The van der Waals surface area contributed by atoms with Crippen molar-refractivity contribution in [1.82, 2.24) is 14.8 Å². The van der Waals surface area contributed by atoms with Crippen molar-refractivity contribution in [1.29, 1.82) is 0 Å². The van der Waals surface area contributed by atoms with Crippen LogP contribution in [0.15, 0.2) is 40.9 Å². The Hall–Kier alpha value is -2.25. The number of rotatable bonds is 4. The van der Waals surface area contributed by atoms with Gasteiger partial charge in [-0.3, -0.25) is 14.6 Å². The minimum atomic E-state index is -0.206. The standard InChI is InChI=1S/C20H22BrN3O3/c1-14-17(6-7-18(22-14)15-4-3-5-16(21)12-15)20(26)23(2)13-19(25)24-8-10-27-11-9-24/h3-7,12H,8-11,13H2,1-2H3. The molecule has 1 fully saturated rings. The van der Waals surface area contributed by atoms with Crippen LogP contribution >= 0.6 is 15.9 Å². The predicted octanol–water partition coefficient (Wildman–Crippen LogP) is 2.75. The van der Waals surface area contributed by atoms with E-state index in [1.165, 1.54) is 4.90 Å². The minimum absolute atomic E-state index is 0.0473. The molecule has 0 aliphatic carbocycles. The summed E-state index contributed by atoms with van der Waals surface area (Å²) in [7, 11) is 1.64. The lowest BCUT2D eigenvalue weighted by molar-refractivity contribution is -0.135. The van der Waals surface area contributed by atoms with Crippen molar-refractivity contribution >= 4 is 27.7 Å². The Morgan fingerprint density at radius 1 is 1.22 bits per heavy atom. The molecule has 0 radical (unpaired) electrons. The molecule has 1 aromatic carbocycles. The van der Waals surface area contributed by atoms with Gasteiger partial charge in [0.15, 0.2) is 0 Å². The number of pyridine rings is 1. The molecule has 0 N–H and O–H groups in total. The van der Waals surface area contributed by atoms with Crippen LogP contribution in [-0.4, -0.2) is 66.5 Å². The Morgan fingerprint density at radius 3 is 2.63 bits per heavy atom. The first-order valence-corrected chi connectivity index (χ1v) is 9.59. The number of halogens is 1. The van der Waals surface area contributed by atoms with E-state index in [0.717, 1.165) is 15.7 Å². The molecule has 0 saturated carbocycles. The van der Waals surface area contributed by atoms with Crippen LogP contribution < -0.4 is 0 Å². The number of nitrogens with zero attached hydrogens (tertiary/aromatic N) is 3. The number of benzene rings is 1. The second-order valence-corrected chi connectivity index (χ2v) is 7.41. The largest absolute Gasteiger partial charge is 0.378 e. The Balaban J connectivity index is 1.71. The second-order valence-electron chi connectivity index (χ2n) is 6.49. The number of carbonyl (C=O) groups excluding carboxylic acids is 2. The highest BCUT2D eigenvalue weighted by molar-refractivity contribution is 9.10. The number of likely N-dealkylation sites (N-methyl/N-ethyl adjacent to an activating group) is 1. The van der Waals surface area contributed by atoms with Gasteiger partial charge in [-0.1, -0.05) is 28.1 Å². The monoisotopic (exact) mass is 431 g/mol. The molecular weight excluding hydrogens is 410 g/mol. The van der Waals surface area contributed by atoms with E-state index in [0.29, 0.717) is 37.6 Å². The first kappa shape index (κ1) is 19.5. The molecule has 1 aromatic heterocycles. The zero-order valence-electron chi connectivity index (χ0n) is 15.4. The van der Waals surface area contributed by atoms with Crippen molar-refractivity contribution in [3.63, 3.8) is 0 Å². The summed E-state index contributed by atoms with van der Waals surface area (Å²) in [5.41, 5.74) is 2.92. The topological polar surface area (TPSA) is 62.7 Å². The molecule has 0 atom stereocenters. The normalized spacial score (nSPS) is 14.1. The van der Waals surface area contributed by atoms with Gasteiger partial charge in [-0.25, -0.2) is 0 Å². The Morgan fingerprint density at radius 2 is 1.96 bits per heavy atom. The van der Waals surface area contributed by atoms with Crippen LogP contribution in [0.2, 0.25) is 0 Å². The highest BCUT2D eigenvalue weighted by atomic mass is 79.9. The quantitative estimate of drug-likeness (QED) is 0.746. The number of carbonyl (C=O) groups is 2. The number of aryl methyl sites for hydroxylation is 1. The van der Waals surface area contributed by atoms with Crippen molar-refractivity contribution in [2.24, 2.45) is 0 Å². The lowest BCUT2D eigenvalue weighted by Gasteiger charge is -2.28. The van der Waals surface area contributed by atoms with E-state index in [1.54, 1.807) is 18.0 Å². The summed E-state index contributed by atoms with van der Waals surface area (Å²) in [4.78, 5) is 32.9. The Bertz CT molecular complexity index is 850. The second kappa shape index (κ2) is 8.63. The van der Waals surface area contributed by atoms with E-state index in [2.05, 4.69) is 20.9 Å². The predicted molar refractivity (Wildman–Crippen MR) is 106 cm³/mol. The third-order valence-corrected chi connectivity index (χ3v) is 5.01. The van der Waals surface area contributed by atoms with Crippen LogP contribution in [-0.2, 0) is 9.53 Å². The van der Waals surface area contributed by atoms with E-state index >= 15 is 0 Å². The van der Waals surface area contributed by atoms with Crippen molar-refractivity contribution < 1.29 is 14.3 Å². The first-order chi connectivity index (χ1) is 13.0. The van der Waals surface area contributed by atoms with E-state index in [9.17, 15) is 9.59 Å². The molecule has 0 unspecified atom stereocenters. The van der Waals surface area contributed by atoms with Crippen molar-refractivity contribution in [2.45, 2.75) is 6.92 Å². The summed E-state index contributed by atoms with van der Waals surface area (Å²) in [6.45, 7) is 4.09. The molecule has 0 bridgehead atoms. The van der Waals surface area contributed by atoms with Crippen LogP contribution in [0.1, 0.15) is 16.1 Å². The lowest BCUT2D eigenvalue weighted by atomic mass is 10.1. The van der Waals surface area contributed by atoms with Gasteiger partial charge >= 0.3 is 0 Å². The molecule has 2 aromatic rings. The van der Waals surface area contributed by atoms with Crippen LogP contribution in [0, 0.1) is 6.92 Å². The number of amides is 2. The maximum absolute atomic E-state index is 12.8. The zero-order valence-corrected chi connectivity index (χ0v) is 17.0. The number of aromatic nitrogens is 1. The van der Waals surface area contributed by atoms with Gasteiger partial charge in [-0.05, 0) is 31.2 Å². The highest BCUT2D eigenvalue weighted by Gasteiger charge is 2.22. The van der Waals surface area contributed by atoms with E-state index < -0.39 is 0 Å². The molecule has 142 valence electrons. The zero-order chi connectivity index (χ0) is 19.4. The molecule has 7 heteroatoms. The van der Waals surface area contributed by atoms with Gasteiger partial charge in [0.05, 0.1) is 36.7 Å². The molecule has 27 heavy (non-hydrogen) atoms. The SMILES string of the molecule is Cc1nc(-c2cccc(Br)c2)ccc1C(=O)N(C)CC(=O)N1CCOCC1. The molecule has 0 spiro atoms. The van der Waals surface area contributed by atoms with E-state index in [-0.39, 0.29) is 18.4 Å². The fourth-order valence-electron chi connectivity index (χ4n) is 2.99. The molecule has 3 rings (SSSR count). The summed E-state index contributed by atoms with van der Waals surface area (Å²) in [6.07, 6.45) is 0. The summed E-state index contributed by atoms with van der Waals surface area (Å²) in [5, 5.41) is 0. The third kappa shape index (κ3) is 4.73. The van der Waals surface area contributed by atoms with Gasteiger partial charge < -0.3 is 14.5 Å². The van der Waals surface area contributed by atoms with Crippen LogP contribution in [0.5, 0.6) is 0 Å². The average molecular weight is 432 g/mol. The summed E-state index contributed by atoms with van der Waals surface area (Å²) in [6, 6.07) is 11.5. The molecular formula is C20H22BrN3O3. The van der Waals surface area contributed by atoms with Gasteiger partial charge in [-0.2, -0.15) is 0 Å². The fourth-order valence-corrected chi connectivity index (χ4v) is 3.39. The molecule has 2 heterocycles. The number of hydrogen-bond donors (Lipinski definition) is 0. The summed E-state index contributed by atoms with van der Waals surface area (Å²) >= 11 is 3.46. The molecule has 1 aliphatic heterocycles. The summed E-state index contributed by atoms with van der Waals surface area (Å²) in [5.74, 6) is -0.270. The number of morpholine rings is 1. The van der Waals surface area contributed by atoms with Gasteiger partial charge in [0.25, 0.3) is 5.91 Å². The van der Waals surface area contributed by atoms with E-state index in [1.807, 2.05) is 37.3 Å². The summed E-state index contributed by atoms with van der Waals surface area (Å²) < 4.78 is 6.23. The fraction of sp³-hybridized carbons (Fsp3) is 0.350. The average Bonchev–Trinajstić information content (AvgIpc) is 2.68. The molecule has 1 saturated heterocycles. The smallest absolute Gasteiger partial charge is 0.255 e. The number of hydrogen-bond acceptors (Lipinski definition) is 4. The first-order valence-electron chi connectivity index (χ1n) is 8.80. The van der Waals surface area contributed by atoms with Gasteiger partial charge in [-0.15, -0.1) is 0 Å². The maximum atomic E-state index is 12.8. The van der Waals surface area contributed by atoms with Crippen molar-refractivity contribution in [2.75, 3.05) is 39.9 Å². The van der Waals surface area contributed by atoms with Gasteiger partial charge in [0.1, 0.15) is 0 Å². The minimum Gasteiger partial charge on any atom is -0.378 e. The van der Waals surface area contributed by atoms with Gasteiger partial charge in [0.2, 0.25) is 5.91 Å². The van der Waals surface area contributed by atoms with Crippen molar-refractivity contribution in [3.05, 3.63) is 52.1 Å². The lowest BCUT2D eigenvalue weighted by Crippen LogP contribution is -2.46. The molecule has 1 aliphatic rings. The maximum Gasteiger partial charge on any atom is 0.255 e. The van der Waals surface area contributed by atoms with Crippen LogP contribution in [0.25, 0.3) is 11.3 Å². The number of ether oxygens (including phenoxy) is 1. The molecule has 2 amide bonds. The third-order valence-electron chi connectivity index (χ3n) is 4.52. The Labute approximate surface area is 167 Å².